The first-order valence-electron chi connectivity index (χ1n) is 8.77. The molecule has 2 aromatic rings. The predicted octanol–water partition coefficient (Wildman–Crippen LogP) is 0.861. The van der Waals surface area contributed by atoms with Gasteiger partial charge in [-0.05, 0) is 37.1 Å². The third kappa shape index (κ3) is 5.10. The molecule has 0 aliphatic carbocycles. The highest BCUT2D eigenvalue weighted by Crippen LogP contribution is 2.29. The van der Waals surface area contributed by atoms with Crippen LogP contribution in [0.3, 0.4) is 0 Å². The molecule has 2 unspecified atom stereocenters. The number of phenolic OH excluding ortho intramolecular Hbond substituents is 4. The Morgan fingerprint density at radius 3 is 1.77 bits per heavy atom. The minimum absolute atomic E-state index is 0.191. The van der Waals surface area contributed by atoms with E-state index in [2.05, 4.69) is 0 Å². The number of phenols is 4. The van der Waals surface area contributed by atoms with E-state index in [-0.39, 0.29) is 33.8 Å². The monoisotopic (exact) mass is 422 g/mol. The first kappa shape index (κ1) is 22.8. The lowest BCUT2D eigenvalue weighted by Crippen LogP contribution is -2.38. The quantitative estimate of drug-likeness (QED) is 0.351. The molecule has 2 aromatic carbocycles. The SMILES string of the molecule is Cc1cc(O)cc(O)c1C(=O)OCC(OC(=O)c1c(C)cc(O)cc1O)C(O)CO. The van der Waals surface area contributed by atoms with Crippen LogP contribution in [-0.4, -0.2) is 68.0 Å². The third-order valence-electron chi connectivity index (χ3n) is 4.26. The van der Waals surface area contributed by atoms with E-state index in [0.717, 1.165) is 12.1 Å². The summed E-state index contributed by atoms with van der Waals surface area (Å²) < 4.78 is 10.1. The van der Waals surface area contributed by atoms with Gasteiger partial charge in [0.15, 0.2) is 6.10 Å². The Morgan fingerprint density at radius 2 is 1.33 bits per heavy atom. The predicted molar refractivity (Wildman–Crippen MR) is 102 cm³/mol. The first-order valence-corrected chi connectivity index (χ1v) is 8.77. The molecule has 10 heteroatoms. The average molecular weight is 422 g/mol. The second-order valence-electron chi connectivity index (χ2n) is 6.61. The summed E-state index contributed by atoms with van der Waals surface area (Å²) in [6.07, 6.45) is -3.12. The Hall–Kier alpha value is -3.50. The van der Waals surface area contributed by atoms with Gasteiger partial charge < -0.3 is 40.1 Å². The van der Waals surface area contributed by atoms with Crippen molar-refractivity contribution in [1.29, 1.82) is 0 Å². The van der Waals surface area contributed by atoms with Gasteiger partial charge in [-0.3, -0.25) is 0 Å². The van der Waals surface area contributed by atoms with Gasteiger partial charge in [0.2, 0.25) is 0 Å². The van der Waals surface area contributed by atoms with Gasteiger partial charge in [0.25, 0.3) is 0 Å². The molecule has 0 heterocycles. The highest BCUT2D eigenvalue weighted by molar-refractivity contribution is 5.95. The molecule has 0 aromatic heterocycles. The van der Waals surface area contributed by atoms with Crippen LogP contribution in [0.2, 0.25) is 0 Å². The smallest absolute Gasteiger partial charge is 0.342 e. The summed E-state index contributed by atoms with van der Waals surface area (Å²) in [7, 11) is 0. The highest BCUT2D eigenvalue weighted by atomic mass is 16.6. The molecule has 0 aliphatic rings. The molecule has 6 N–H and O–H groups in total. The molecular weight excluding hydrogens is 400 g/mol. The number of hydrogen-bond donors (Lipinski definition) is 6. The van der Waals surface area contributed by atoms with Gasteiger partial charge in [-0.15, -0.1) is 0 Å². The topological polar surface area (TPSA) is 174 Å². The number of aliphatic hydroxyl groups excluding tert-OH is 2. The summed E-state index contributed by atoms with van der Waals surface area (Å²) in [5.74, 6) is -3.71. The summed E-state index contributed by atoms with van der Waals surface area (Å²) >= 11 is 0. The van der Waals surface area contributed by atoms with Gasteiger partial charge in [-0.1, -0.05) is 0 Å². The Labute approximate surface area is 171 Å². The van der Waals surface area contributed by atoms with E-state index in [9.17, 15) is 40.2 Å². The van der Waals surface area contributed by atoms with Crippen molar-refractivity contribution in [2.75, 3.05) is 13.2 Å². The van der Waals surface area contributed by atoms with Crippen molar-refractivity contribution in [2.24, 2.45) is 0 Å². The summed E-state index contributed by atoms with van der Waals surface area (Å²) in [6, 6.07) is 4.31. The molecule has 0 spiro atoms. The summed E-state index contributed by atoms with van der Waals surface area (Å²) in [5, 5.41) is 57.7. The maximum atomic E-state index is 12.4. The van der Waals surface area contributed by atoms with Gasteiger partial charge in [0.05, 0.1) is 6.61 Å². The van der Waals surface area contributed by atoms with E-state index in [1.807, 2.05) is 0 Å². The van der Waals surface area contributed by atoms with Gasteiger partial charge in [0.1, 0.15) is 46.8 Å². The average Bonchev–Trinajstić information content (AvgIpc) is 2.62. The van der Waals surface area contributed by atoms with Crippen LogP contribution < -0.4 is 0 Å². The Bertz CT molecular complexity index is 907. The number of aliphatic hydroxyl groups is 2. The molecule has 0 bridgehead atoms. The van der Waals surface area contributed by atoms with Crippen molar-refractivity contribution in [3.05, 3.63) is 46.5 Å². The van der Waals surface area contributed by atoms with Crippen LogP contribution in [-0.2, 0) is 9.47 Å². The zero-order valence-corrected chi connectivity index (χ0v) is 16.2. The summed E-state index contributed by atoms with van der Waals surface area (Å²) in [4.78, 5) is 24.7. The first-order chi connectivity index (χ1) is 14.0. The molecule has 162 valence electrons. The van der Waals surface area contributed by atoms with Crippen LogP contribution in [0.15, 0.2) is 24.3 Å². The zero-order chi connectivity index (χ0) is 22.6. The van der Waals surface area contributed by atoms with E-state index in [1.165, 1.54) is 26.0 Å². The number of ether oxygens (including phenoxy) is 2. The fourth-order valence-corrected chi connectivity index (χ4v) is 2.80. The highest BCUT2D eigenvalue weighted by Gasteiger charge is 2.28. The largest absolute Gasteiger partial charge is 0.508 e. The minimum Gasteiger partial charge on any atom is -0.508 e. The maximum absolute atomic E-state index is 12.4. The van der Waals surface area contributed by atoms with E-state index in [1.54, 1.807) is 0 Å². The van der Waals surface area contributed by atoms with Crippen LogP contribution in [0, 0.1) is 13.8 Å². The number of aromatic hydroxyl groups is 4. The Balaban J connectivity index is 2.18. The lowest BCUT2D eigenvalue weighted by atomic mass is 10.1. The number of aryl methyl sites for hydroxylation is 2. The van der Waals surface area contributed by atoms with Crippen LogP contribution in [0.1, 0.15) is 31.8 Å². The number of rotatable bonds is 7. The second-order valence-corrected chi connectivity index (χ2v) is 6.61. The number of benzene rings is 2. The maximum Gasteiger partial charge on any atom is 0.342 e. The Morgan fingerprint density at radius 1 is 0.867 bits per heavy atom. The third-order valence-corrected chi connectivity index (χ3v) is 4.26. The summed E-state index contributed by atoms with van der Waals surface area (Å²) in [5.41, 5.74) is -0.0977. The van der Waals surface area contributed by atoms with Crippen molar-refractivity contribution >= 4 is 11.9 Å². The fraction of sp³-hybridized carbons (Fsp3) is 0.300. The van der Waals surface area contributed by atoms with Crippen LogP contribution in [0.25, 0.3) is 0 Å². The molecule has 0 fully saturated rings. The molecule has 10 nitrogen and oxygen atoms in total. The minimum atomic E-state index is -1.61. The van der Waals surface area contributed by atoms with Crippen molar-refractivity contribution in [1.82, 2.24) is 0 Å². The van der Waals surface area contributed by atoms with Crippen molar-refractivity contribution in [3.8, 4) is 23.0 Å². The van der Waals surface area contributed by atoms with Crippen molar-refractivity contribution < 1.29 is 49.7 Å². The zero-order valence-electron chi connectivity index (χ0n) is 16.2. The molecule has 0 saturated heterocycles. The van der Waals surface area contributed by atoms with Gasteiger partial charge in [-0.2, -0.15) is 0 Å². The lowest BCUT2D eigenvalue weighted by molar-refractivity contribution is -0.0619. The van der Waals surface area contributed by atoms with Crippen LogP contribution in [0.5, 0.6) is 23.0 Å². The van der Waals surface area contributed by atoms with Gasteiger partial charge in [-0.25, -0.2) is 9.59 Å². The molecule has 0 amide bonds. The van der Waals surface area contributed by atoms with Crippen molar-refractivity contribution in [3.63, 3.8) is 0 Å². The molecule has 30 heavy (non-hydrogen) atoms. The molecule has 0 saturated carbocycles. The number of carbonyl (C=O) groups excluding carboxylic acids is 2. The number of hydrogen-bond acceptors (Lipinski definition) is 10. The molecule has 2 rings (SSSR count). The van der Waals surface area contributed by atoms with Crippen LogP contribution >= 0.6 is 0 Å². The molecular formula is C20H22O10. The van der Waals surface area contributed by atoms with Crippen LogP contribution in [0.4, 0.5) is 0 Å². The van der Waals surface area contributed by atoms with E-state index < -0.39 is 48.9 Å². The number of esters is 2. The van der Waals surface area contributed by atoms with Gasteiger partial charge in [0, 0.05) is 12.1 Å². The lowest BCUT2D eigenvalue weighted by Gasteiger charge is -2.22. The van der Waals surface area contributed by atoms with Crippen molar-refractivity contribution in [2.45, 2.75) is 26.1 Å². The van der Waals surface area contributed by atoms with E-state index >= 15 is 0 Å². The molecule has 2 atom stereocenters. The van der Waals surface area contributed by atoms with E-state index in [0.29, 0.717) is 0 Å². The van der Waals surface area contributed by atoms with Gasteiger partial charge >= 0.3 is 11.9 Å². The molecule has 0 aliphatic heterocycles. The normalized spacial score (nSPS) is 12.8. The number of carbonyl (C=O) groups is 2. The second kappa shape index (κ2) is 9.33. The molecule has 0 radical (unpaired) electrons. The fourth-order valence-electron chi connectivity index (χ4n) is 2.80. The van der Waals surface area contributed by atoms with E-state index in [4.69, 9.17) is 9.47 Å². The Kier molecular flexibility index (Phi) is 7.09. The standard InChI is InChI=1S/C20H22O10/c1-9-3-11(22)5-13(24)17(9)19(27)29-8-16(15(26)7-21)30-20(28)18-10(2)4-12(23)6-14(18)25/h3-6,15-16,21-26H,7-8H2,1-2H3. The summed E-state index contributed by atoms with van der Waals surface area (Å²) in [6.45, 7) is 1.39.